The van der Waals surface area contributed by atoms with Crippen LogP contribution in [0.15, 0.2) is 0 Å². The van der Waals surface area contributed by atoms with Crippen LogP contribution >= 0.6 is 0 Å². The van der Waals surface area contributed by atoms with Crippen molar-refractivity contribution in [3.8, 4) is 0 Å². The van der Waals surface area contributed by atoms with Crippen molar-refractivity contribution in [1.82, 2.24) is 5.32 Å². The number of carboxylic acid groups (broad SMARTS) is 1. The van der Waals surface area contributed by atoms with Gasteiger partial charge in [0.15, 0.2) is 0 Å². The molecule has 0 aromatic heterocycles. The summed E-state index contributed by atoms with van der Waals surface area (Å²) in [5, 5.41) is 11.4. The van der Waals surface area contributed by atoms with Gasteiger partial charge in [-0.1, -0.05) is 13.3 Å². The fourth-order valence-electron chi connectivity index (χ4n) is 1.07. The second kappa shape index (κ2) is 5.70. The summed E-state index contributed by atoms with van der Waals surface area (Å²) in [7, 11) is 0. The Morgan fingerprint density at radius 3 is 2.31 bits per heavy atom. The van der Waals surface area contributed by atoms with E-state index in [2.05, 4.69) is 5.32 Å². The average Bonchev–Trinajstić information content (AvgIpc) is 2.03. The number of carboxylic acids is 1. The molecule has 0 fully saturated rings. The molecule has 4 heteroatoms. The lowest BCUT2D eigenvalue weighted by Crippen LogP contribution is -2.44. The predicted octanol–water partition coefficient (Wildman–Crippen LogP) is 0.807. The van der Waals surface area contributed by atoms with E-state index in [1.165, 1.54) is 13.8 Å². The van der Waals surface area contributed by atoms with Gasteiger partial charge in [0, 0.05) is 0 Å². The van der Waals surface area contributed by atoms with E-state index >= 15 is 0 Å². The first kappa shape index (κ1) is 12.1. The summed E-state index contributed by atoms with van der Waals surface area (Å²) in [6.45, 7) is 4.97. The molecule has 0 aromatic carbocycles. The highest BCUT2D eigenvalue weighted by Crippen LogP contribution is 1.99. The van der Waals surface area contributed by atoms with Crippen molar-refractivity contribution in [2.75, 3.05) is 0 Å². The van der Waals surface area contributed by atoms with E-state index in [9.17, 15) is 9.59 Å². The van der Waals surface area contributed by atoms with Gasteiger partial charge in [-0.2, -0.15) is 0 Å². The molecule has 0 bridgehead atoms. The Morgan fingerprint density at radius 2 is 2.00 bits per heavy atom. The highest BCUT2D eigenvalue weighted by molar-refractivity contribution is 5.82. The summed E-state index contributed by atoms with van der Waals surface area (Å²) in [6.07, 6.45) is 1.55. The minimum atomic E-state index is -0.928. The van der Waals surface area contributed by atoms with Crippen LogP contribution in [-0.2, 0) is 9.59 Å². The standard InChI is InChI=1S/C9H17NO3/c1-4-5-8(7(3)11)10-6(2)9(12)13/h6,8,10H,4-5H2,1-3H3,(H,12,13). The Balaban J connectivity index is 4.09. The van der Waals surface area contributed by atoms with E-state index in [1.807, 2.05) is 6.92 Å². The van der Waals surface area contributed by atoms with Crippen molar-refractivity contribution >= 4 is 11.8 Å². The van der Waals surface area contributed by atoms with Crippen LogP contribution in [-0.4, -0.2) is 28.9 Å². The van der Waals surface area contributed by atoms with Gasteiger partial charge >= 0.3 is 5.97 Å². The van der Waals surface area contributed by atoms with Crippen LogP contribution in [0, 0.1) is 0 Å². The monoisotopic (exact) mass is 187 g/mol. The molecule has 0 radical (unpaired) electrons. The van der Waals surface area contributed by atoms with Crippen molar-refractivity contribution < 1.29 is 14.7 Å². The number of aliphatic carboxylic acids is 1. The summed E-state index contributed by atoms with van der Waals surface area (Å²) in [4.78, 5) is 21.5. The third kappa shape index (κ3) is 4.62. The molecule has 2 unspecified atom stereocenters. The van der Waals surface area contributed by atoms with Gasteiger partial charge in [-0.3, -0.25) is 14.9 Å². The van der Waals surface area contributed by atoms with Crippen LogP contribution in [0.2, 0.25) is 0 Å². The Hall–Kier alpha value is -0.900. The van der Waals surface area contributed by atoms with Crippen LogP contribution in [0.4, 0.5) is 0 Å². The maximum atomic E-state index is 11.0. The van der Waals surface area contributed by atoms with Crippen molar-refractivity contribution in [3.05, 3.63) is 0 Å². The van der Waals surface area contributed by atoms with Crippen molar-refractivity contribution in [1.29, 1.82) is 0 Å². The summed E-state index contributed by atoms with van der Waals surface area (Å²) in [5.41, 5.74) is 0. The Morgan fingerprint density at radius 1 is 1.46 bits per heavy atom. The lowest BCUT2D eigenvalue weighted by Gasteiger charge is -2.17. The molecule has 0 spiro atoms. The molecule has 0 saturated carbocycles. The first-order valence-corrected chi connectivity index (χ1v) is 4.48. The van der Waals surface area contributed by atoms with Gasteiger partial charge in [0.1, 0.15) is 11.8 Å². The molecule has 0 aliphatic heterocycles. The number of carbonyl (C=O) groups excluding carboxylic acids is 1. The smallest absolute Gasteiger partial charge is 0.320 e. The van der Waals surface area contributed by atoms with Gasteiger partial charge < -0.3 is 5.11 Å². The van der Waals surface area contributed by atoms with E-state index in [1.54, 1.807) is 0 Å². The number of rotatable bonds is 6. The largest absolute Gasteiger partial charge is 0.480 e. The highest BCUT2D eigenvalue weighted by atomic mass is 16.4. The van der Waals surface area contributed by atoms with Crippen LogP contribution in [0.1, 0.15) is 33.6 Å². The first-order chi connectivity index (χ1) is 5.99. The van der Waals surface area contributed by atoms with Crippen LogP contribution in [0.3, 0.4) is 0 Å². The van der Waals surface area contributed by atoms with Crippen LogP contribution in [0.25, 0.3) is 0 Å². The zero-order valence-corrected chi connectivity index (χ0v) is 8.33. The number of hydrogen-bond donors (Lipinski definition) is 2. The molecule has 4 nitrogen and oxygen atoms in total. The van der Waals surface area contributed by atoms with Crippen molar-refractivity contribution in [2.45, 2.75) is 45.7 Å². The van der Waals surface area contributed by atoms with E-state index in [0.717, 1.165) is 6.42 Å². The Kier molecular flexibility index (Phi) is 5.30. The normalized spacial score (nSPS) is 15.0. The number of Topliss-reactive ketones (excluding diaryl/α,β-unsaturated/α-hetero) is 1. The zero-order valence-electron chi connectivity index (χ0n) is 8.33. The number of carbonyl (C=O) groups is 2. The van der Waals surface area contributed by atoms with Crippen molar-refractivity contribution in [2.24, 2.45) is 0 Å². The molecule has 13 heavy (non-hydrogen) atoms. The van der Waals surface area contributed by atoms with E-state index in [0.29, 0.717) is 6.42 Å². The quantitative estimate of drug-likeness (QED) is 0.645. The van der Waals surface area contributed by atoms with Gasteiger partial charge in [-0.25, -0.2) is 0 Å². The van der Waals surface area contributed by atoms with Crippen molar-refractivity contribution in [3.63, 3.8) is 0 Å². The molecule has 0 aromatic rings. The SMILES string of the molecule is CCCC(NC(C)C(=O)O)C(C)=O. The second-order valence-corrected chi connectivity index (χ2v) is 3.18. The van der Waals surface area contributed by atoms with E-state index in [4.69, 9.17) is 5.11 Å². The number of hydrogen-bond acceptors (Lipinski definition) is 3. The molecule has 2 N–H and O–H groups in total. The molecule has 0 rings (SSSR count). The number of ketones is 1. The number of nitrogens with one attached hydrogen (secondary N) is 1. The van der Waals surface area contributed by atoms with Crippen LogP contribution in [0.5, 0.6) is 0 Å². The lowest BCUT2D eigenvalue weighted by atomic mass is 10.1. The van der Waals surface area contributed by atoms with Gasteiger partial charge in [0.2, 0.25) is 0 Å². The van der Waals surface area contributed by atoms with Gasteiger partial charge in [0.25, 0.3) is 0 Å². The predicted molar refractivity (Wildman–Crippen MR) is 49.6 cm³/mol. The lowest BCUT2D eigenvalue weighted by molar-refractivity contribution is -0.139. The second-order valence-electron chi connectivity index (χ2n) is 3.18. The third-order valence-electron chi connectivity index (χ3n) is 1.89. The maximum Gasteiger partial charge on any atom is 0.320 e. The van der Waals surface area contributed by atoms with E-state index < -0.39 is 12.0 Å². The van der Waals surface area contributed by atoms with Gasteiger partial charge in [-0.05, 0) is 20.3 Å². The first-order valence-electron chi connectivity index (χ1n) is 4.48. The zero-order chi connectivity index (χ0) is 10.4. The maximum absolute atomic E-state index is 11.0. The molecule has 0 heterocycles. The van der Waals surface area contributed by atoms with Gasteiger partial charge in [-0.15, -0.1) is 0 Å². The summed E-state index contributed by atoms with van der Waals surface area (Å²) < 4.78 is 0. The highest BCUT2D eigenvalue weighted by Gasteiger charge is 2.19. The average molecular weight is 187 g/mol. The molecule has 0 saturated heterocycles. The Bertz CT molecular complexity index is 191. The molecule has 76 valence electrons. The molecule has 0 amide bonds. The molecular formula is C9H17NO3. The molecule has 2 atom stereocenters. The topological polar surface area (TPSA) is 66.4 Å². The summed E-state index contributed by atoms with van der Waals surface area (Å²) in [6, 6.07) is -0.989. The van der Waals surface area contributed by atoms with E-state index in [-0.39, 0.29) is 11.8 Å². The summed E-state index contributed by atoms with van der Waals surface area (Å²) >= 11 is 0. The fraction of sp³-hybridized carbons (Fsp3) is 0.778. The molecular weight excluding hydrogens is 170 g/mol. The minimum Gasteiger partial charge on any atom is -0.480 e. The molecule has 0 aliphatic carbocycles. The van der Waals surface area contributed by atoms with Crippen LogP contribution < -0.4 is 5.32 Å². The third-order valence-corrected chi connectivity index (χ3v) is 1.89. The van der Waals surface area contributed by atoms with Gasteiger partial charge in [0.05, 0.1) is 6.04 Å². The summed E-state index contributed by atoms with van der Waals surface area (Å²) in [5.74, 6) is -0.933. The minimum absolute atomic E-state index is 0.00468. The Labute approximate surface area is 78.3 Å². The fourth-order valence-corrected chi connectivity index (χ4v) is 1.07. The molecule has 0 aliphatic rings.